The van der Waals surface area contributed by atoms with Crippen LogP contribution in [0.3, 0.4) is 0 Å². The smallest absolute Gasteiger partial charge is 0.303 e. The van der Waals surface area contributed by atoms with E-state index < -0.39 is 12.3 Å². The molecule has 8 nitrogen and oxygen atoms in total. The average molecular weight is 623 g/mol. The molecule has 4 aromatic rings. The predicted octanol–water partition coefficient (Wildman–Crippen LogP) is 6.57. The first-order chi connectivity index (χ1) is 22.3. The molecular weight excluding hydrogens is 580 g/mol. The summed E-state index contributed by atoms with van der Waals surface area (Å²) in [4.78, 5) is 25.3. The molecule has 1 aliphatic rings. The summed E-state index contributed by atoms with van der Waals surface area (Å²) in [6, 6.07) is 34.5. The van der Waals surface area contributed by atoms with Crippen LogP contribution in [0.4, 0.5) is 0 Å². The van der Waals surface area contributed by atoms with E-state index in [9.17, 15) is 14.7 Å². The summed E-state index contributed by atoms with van der Waals surface area (Å²) in [5.74, 6) is -1.29. The van der Waals surface area contributed by atoms with Crippen molar-refractivity contribution in [3.05, 3.63) is 131 Å². The van der Waals surface area contributed by atoms with Crippen LogP contribution in [0, 0.1) is 0 Å². The van der Waals surface area contributed by atoms with Gasteiger partial charge >= 0.3 is 5.97 Å². The Labute approximate surface area is 270 Å². The highest BCUT2D eigenvalue weighted by Crippen LogP contribution is 2.39. The number of nitrogens with one attached hydrogen (secondary N) is 1. The molecule has 46 heavy (non-hydrogen) atoms. The first kappa shape index (κ1) is 33.0. The van der Waals surface area contributed by atoms with Gasteiger partial charge in [0.05, 0.1) is 25.2 Å². The molecule has 0 saturated carbocycles. The fourth-order valence-corrected chi connectivity index (χ4v) is 5.78. The van der Waals surface area contributed by atoms with Gasteiger partial charge in [-0.15, -0.1) is 0 Å². The molecule has 1 saturated heterocycles. The van der Waals surface area contributed by atoms with Crippen LogP contribution in [-0.4, -0.2) is 46.7 Å². The quantitative estimate of drug-likeness (QED) is 0.155. The van der Waals surface area contributed by atoms with Crippen LogP contribution < -0.4 is 5.32 Å². The molecule has 1 amide bonds. The molecule has 1 heterocycles. The SMILES string of the molecule is C[C@@H](c1ccccc1)N(C)C[C@@H]1C[C@H](c2ccc(CO)cc2)O[C@H](c2ccc(-c3ccccc3CNC(=O)CCC(=O)O)cc2)O1. The van der Waals surface area contributed by atoms with E-state index in [1.54, 1.807) is 0 Å². The Morgan fingerprint density at radius 2 is 1.54 bits per heavy atom. The van der Waals surface area contributed by atoms with E-state index in [2.05, 4.69) is 48.5 Å². The maximum Gasteiger partial charge on any atom is 0.303 e. The van der Waals surface area contributed by atoms with E-state index in [0.29, 0.717) is 13.0 Å². The Kier molecular flexibility index (Phi) is 11.3. The molecule has 4 aromatic carbocycles. The van der Waals surface area contributed by atoms with Crippen LogP contribution >= 0.6 is 0 Å². The van der Waals surface area contributed by atoms with Crippen molar-refractivity contribution >= 4 is 11.9 Å². The number of carboxylic acid groups (broad SMARTS) is 1. The highest BCUT2D eigenvalue weighted by molar-refractivity contribution is 5.80. The molecule has 0 spiro atoms. The van der Waals surface area contributed by atoms with Crippen LogP contribution in [-0.2, 0) is 32.2 Å². The summed E-state index contributed by atoms with van der Waals surface area (Å²) in [7, 11) is 2.12. The number of nitrogens with zero attached hydrogens (tertiary/aromatic N) is 1. The molecule has 4 atom stereocenters. The third kappa shape index (κ3) is 8.68. The van der Waals surface area contributed by atoms with Gasteiger partial charge in [0.15, 0.2) is 6.29 Å². The number of rotatable bonds is 13. The van der Waals surface area contributed by atoms with Crippen molar-refractivity contribution in [1.29, 1.82) is 0 Å². The normalized spacial score (nSPS) is 18.7. The molecule has 3 N–H and O–H groups in total. The van der Waals surface area contributed by atoms with E-state index >= 15 is 0 Å². The molecule has 0 bridgehead atoms. The Balaban J connectivity index is 1.33. The van der Waals surface area contributed by atoms with Gasteiger partial charge in [0.25, 0.3) is 0 Å². The lowest BCUT2D eigenvalue weighted by molar-refractivity contribution is -0.253. The Morgan fingerprint density at radius 1 is 0.870 bits per heavy atom. The van der Waals surface area contributed by atoms with Crippen LogP contribution in [0.5, 0.6) is 0 Å². The standard InChI is InChI=1S/C38H42N2O6/c1-26(28-8-4-3-5-9-28)40(2)24-33-22-35(30-14-12-27(25-41)13-15-30)46-38(45-33)31-18-16-29(17-19-31)34-11-7-6-10-32(34)23-39-36(42)20-21-37(43)44/h3-19,26,33,35,38,41H,20-25H2,1-2H3,(H,39,42)(H,43,44)/t26-,33-,35+,38+/m0/s1. The minimum absolute atomic E-state index is 0.00506. The van der Waals surface area contributed by atoms with Gasteiger partial charge in [0.2, 0.25) is 5.91 Å². The summed E-state index contributed by atoms with van der Waals surface area (Å²) in [5.41, 5.74) is 6.96. The number of carbonyl (C=O) groups excluding carboxylic acids is 1. The first-order valence-electron chi connectivity index (χ1n) is 15.7. The second kappa shape index (κ2) is 15.8. The third-order valence-corrected chi connectivity index (χ3v) is 8.60. The number of carboxylic acids is 1. The number of aliphatic hydroxyl groups excluding tert-OH is 1. The summed E-state index contributed by atoms with van der Waals surface area (Å²) < 4.78 is 13.2. The van der Waals surface area contributed by atoms with Crippen molar-refractivity contribution in [3.8, 4) is 11.1 Å². The summed E-state index contributed by atoms with van der Waals surface area (Å²) in [5, 5.41) is 21.2. The molecule has 5 rings (SSSR count). The molecule has 0 unspecified atom stereocenters. The fourth-order valence-electron chi connectivity index (χ4n) is 5.78. The van der Waals surface area contributed by atoms with Crippen molar-refractivity contribution in [2.75, 3.05) is 13.6 Å². The molecule has 1 aliphatic heterocycles. The molecular formula is C38H42N2O6. The van der Waals surface area contributed by atoms with E-state index in [1.165, 1.54) is 5.56 Å². The Bertz CT molecular complexity index is 1580. The Hall–Kier alpha value is -4.34. The first-order valence-corrected chi connectivity index (χ1v) is 15.7. The van der Waals surface area contributed by atoms with Crippen LogP contribution in [0.25, 0.3) is 11.1 Å². The number of likely N-dealkylation sites (N-methyl/N-ethyl adjacent to an activating group) is 1. The van der Waals surface area contributed by atoms with Gasteiger partial charge in [-0.3, -0.25) is 14.5 Å². The average Bonchev–Trinajstić information content (AvgIpc) is 3.10. The highest BCUT2D eigenvalue weighted by Gasteiger charge is 2.33. The van der Waals surface area contributed by atoms with Gasteiger partial charge in [0, 0.05) is 37.5 Å². The summed E-state index contributed by atoms with van der Waals surface area (Å²) in [6.45, 7) is 3.23. The number of benzene rings is 4. The molecule has 1 fully saturated rings. The number of hydrogen-bond donors (Lipinski definition) is 3. The highest BCUT2D eigenvalue weighted by atomic mass is 16.7. The number of hydrogen-bond acceptors (Lipinski definition) is 6. The van der Waals surface area contributed by atoms with Crippen LogP contribution in [0.1, 0.15) is 72.4 Å². The second-order valence-electron chi connectivity index (χ2n) is 11.8. The van der Waals surface area contributed by atoms with Gasteiger partial charge < -0.3 is 25.0 Å². The minimum Gasteiger partial charge on any atom is -0.481 e. The maximum atomic E-state index is 12.1. The number of aliphatic hydroxyl groups is 1. The van der Waals surface area contributed by atoms with E-state index in [0.717, 1.165) is 39.9 Å². The Morgan fingerprint density at radius 3 is 2.24 bits per heavy atom. The van der Waals surface area contributed by atoms with Gasteiger partial charge in [-0.2, -0.15) is 0 Å². The summed E-state index contributed by atoms with van der Waals surface area (Å²) >= 11 is 0. The van der Waals surface area contributed by atoms with Crippen molar-refractivity contribution in [1.82, 2.24) is 10.2 Å². The monoisotopic (exact) mass is 622 g/mol. The zero-order valence-corrected chi connectivity index (χ0v) is 26.3. The van der Waals surface area contributed by atoms with Crippen LogP contribution in [0.15, 0.2) is 103 Å². The van der Waals surface area contributed by atoms with Crippen molar-refractivity contribution < 1.29 is 29.3 Å². The molecule has 240 valence electrons. The number of aliphatic carboxylic acids is 1. The zero-order chi connectivity index (χ0) is 32.5. The lowest BCUT2D eigenvalue weighted by Crippen LogP contribution is -2.38. The largest absolute Gasteiger partial charge is 0.481 e. The lowest BCUT2D eigenvalue weighted by Gasteiger charge is -2.39. The second-order valence-corrected chi connectivity index (χ2v) is 11.8. The van der Waals surface area contributed by atoms with Gasteiger partial charge in [-0.25, -0.2) is 0 Å². The van der Waals surface area contributed by atoms with Crippen LogP contribution in [0.2, 0.25) is 0 Å². The molecule has 0 aliphatic carbocycles. The van der Waals surface area contributed by atoms with Gasteiger partial charge in [-0.1, -0.05) is 103 Å². The minimum atomic E-state index is -0.993. The van der Waals surface area contributed by atoms with E-state index in [1.807, 2.05) is 78.9 Å². The van der Waals surface area contributed by atoms with Crippen molar-refractivity contribution in [2.45, 2.75) is 63.9 Å². The third-order valence-electron chi connectivity index (χ3n) is 8.60. The van der Waals surface area contributed by atoms with Crippen molar-refractivity contribution in [2.24, 2.45) is 0 Å². The zero-order valence-electron chi connectivity index (χ0n) is 26.3. The van der Waals surface area contributed by atoms with Gasteiger partial charge in [-0.05, 0) is 47.4 Å². The lowest BCUT2D eigenvalue weighted by atomic mass is 9.97. The van der Waals surface area contributed by atoms with Crippen molar-refractivity contribution in [3.63, 3.8) is 0 Å². The topological polar surface area (TPSA) is 108 Å². The summed E-state index contributed by atoms with van der Waals surface area (Å²) in [6.07, 6.45) is -0.380. The molecule has 8 heteroatoms. The predicted molar refractivity (Wildman–Crippen MR) is 177 cm³/mol. The number of ether oxygens (including phenoxy) is 2. The maximum absolute atomic E-state index is 12.1. The fraction of sp³-hybridized carbons (Fsp3) is 0.316. The van der Waals surface area contributed by atoms with E-state index in [-0.39, 0.29) is 43.6 Å². The van der Waals surface area contributed by atoms with Gasteiger partial charge in [0.1, 0.15) is 0 Å². The number of amides is 1. The molecule has 0 radical (unpaired) electrons. The van der Waals surface area contributed by atoms with E-state index in [4.69, 9.17) is 14.6 Å². The molecule has 0 aromatic heterocycles. The number of carbonyl (C=O) groups is 2.